The molecule has 0 radical (unpaired) electrons. The molecule has 4 heterocycles. The summed E-state index contributed by atoms with van der Waals surface area (Å²) in [4.78, 5) is 13.7. The maximum absolute atomic E-state index is 5.17. The third-order valence-corrected chi connectivity index (χ3v) is 5.23. The van der Waals surface area contributed by atoms with Gasteiger partial charge in [-0.05, 0) is 32.6 Å². The first kappa shape index (κ1) is 14.6. The fraction of sp³-hybridized carbons (Fsp3) is 0.588. The van der Waals surface area contributed by atoms with E-state index in [2.05, 4.69) is 38.8 Å². The molecule has 6 nitrogen and oxygen atoms in total. The quantitative estimate of drug-likeness (QED) is 0.863. The smallest absolute Gasteiger partial charge is 0.135 e. The molecule has 122 valence electrons. The van der Waals surface area contributed by atoms with E-state index in [0.29, 0.717) is 0 Å². The molecule has 2 aromatic heterocycles. The lowest BCUT2D eigenvalue weighted by Crippen LogP contribution is -2.29. The van der Waals surface area contributed by atoms with Gasteiger partial charge in [-0.25, -0.2) is 9.97 Å². The molecular formula is C17H23N5O. The van der Waals surface area contributed by atoms with E-state index in [4.69, 9.17) is 4.52 Å². The molecule has 0 spiro atoms. The molecule has 0 amide bonds. The van der Waals surface area contributed by atoms with Crippen LogP contribution in [-0.2, 0) is 6.54 Å². The first-order valence-corrected chi connectivity index (χ1v) is 8.28. The van der Waals surface area contributed by atoms with E-state index in [-0.39, 0.29) is 0 Å². The van der Waals surface area contributed by atoms with Crippen molar-refractivity contribution in [3.05, 3.63) is 35.1 Å². The van der Waals surface area contributed by atoms with Gasteiger partial charge in [0.05, 0.1) is 5.69 Å². The number of fused-ring (bicyclic) bond motifs is 1. The third kappa shape index (κ3) is 2.72. The van der Waals surface area contributed by atoms with Crippen LogP contribution in [0.1, 0.15) is 22.7 Å². The molecule has 2 fully saturated rings. The van der Waals surface area contributed by atoms with Gasteiger partial charge in [-0.1, -0.05) is 5.16 Å². The fourth-order valence-corrected chi connectivity index (χ4v) is 3.96. The van der Waals surface area contributed by atoms with Gasteiger partial charge in [-0.2, -0.15) is 0 Å². The van der Waals surface area contributed by atoms with Crippen molar-refractivity contribution in [2.45, 2.75) is 27.3 Å². The molecule has 23 heavy (non-hydrogen) atoms. The van der Waals surface area contributed by atoms with Crippen LogP contribution in [-0.4, -0.2) is 46.2 Å². The predicted molar refractivity (Wildman–Crippen MR) is 87.2 cm³/mol. The molecule has 2 aliphatic heterocycles. The standard InChI is InChI=1S/C17H23N5O/c1-11-4-16(20-23-11)9-21-5-14-7-22(8-15(14)6-21)17-12(2)13(3)18-10-19-17/h4,10,14-15H,5-9H2,1-3H3. The van der Waals surface area contributed by atoms with Crippen LogP contribution in [0.15, 0.2) is 16.9 Å². The Kier molecular flexibility index (Phi) is 3.56. The van der Waals surface area contributed by atoms with E-state index in [1.54, 1.807) is 6.33 Å². The van der Waals surface area contributed by atoms with Crippen molar-refractivity contribution in [2.75, 3.05) is 31.1 Å². The molecule has 2 saturated heterocycles. The van der Waals surface area contributed by atoms with Crippen LogP contribution in [0.25, 0.3) is 0 Å². The minimum Gasteiger partial charge on any atom is -0.361 e. The normalized spacial score (nSPS) is 24.4. The molecule has 2 aliphatic rings. The summed E-state index contributed by atoms with van der Waals surface area (Å²) in [6.07, 6.45) is 1.69. The lowest BCUT2D eigenvalue weighted by atomic mass is 10.0. The van der Waals surface area contributed by atoms with E-state index >= 15 is 0 Å². The molecule has 4 rings (SSSR count). The van der Waals surface area contributed by atoms with Crippen LogP contribution < -0.4 is 4.90 Å². The van der Waals surface area contributed by atoms with Crippen LogP contribution in [0.5, 0.6) is 0 Å². The minimum absolute atomic E-state index is 0.720. The van der Waals surface area contributed by atoms with Gasteiger partial charge in [-0.15, -0.1) is 0 Å². The summed E-state index contributed by atoms with van der Waals surface area (Å²) in [7, 11) is 0. The summed E-state index contributed by atoms with van der Waals surface area (Å²) in [6, 6.07) is 2.04. The summed E-state index contributed by atoms with van der Waals surface area (Å²) in [5.41, 5.74) is 3.33. The molecule has 0 bridgehead atoms. The molecule has 2 unspecified atom stereocenters. The summed E-state index contributed by atoms with van der Waals surface area (Å²) in [6.45, 7) is 11.5. The Balaban J connectivity index is 1.41. The second-order valence-corrected chi connectivity index (χ2v) is 6.96. The average molecular weight is 313 g/mol. The molecule has 0 aromatic carbocycles. The summed E-state index contributed by atoms with van der Waals surface area (Å²) < 4.78 is 5.17. The van der Waals surface area contributed by atoms with E-state index in [0.717, 1.165) is 67.5 Å². The van der Waals surface area contributed by atoms with E-state index in [1.165, 1.54) is 5.56 Å². The predicted octanol–water partition coefficient (Wildman–Crippen LogP) is 1.96. The van der Waals surface area contributed by atoms with Gasteiger partial charge >= 0.3 is 0 Å². The summed E-state index contributed by atoms with van der Waals surface area (Å²) >= 11 is 0. The van der Waals surface area contributed by atoms with Crippen molar-refractivity contribution < 1.29 is 4.52 Å². The van der Waals surface area contributed by atoms with Gasteiger partial charge in [0.25, 0.3) is 0 Å². The van der Waals surface area contributed by atoms with E-state index < -0.39 is 0 Å². The van der Waals surface area contributed by atoms with Crippen LogP contribution in [0.4, 0.5) is 5.82 Å². The molecule has 0 aliphatic carbocycles. The Morgan fingerprint density at radius 1 is 1.09 bits per heavy atom. The highest BCUT2D eigenvalue weighted by molar-refractivity contribution is 5.48. The number of anilines is 1. The maximum Gasteiger partial charge on any atom is 0.135 e. The number of hydrogen-bond donors (Lipinski definition) is 0. The van der Waals surface area contributed by atoms with Gasteiger partial charge in [-0.3, -0.25) is 4.90 Å². The van der Waals surface area contributed by atoms with Crippen LogP contribution in [0, 0.1) is 32.6 Å². The molecule has 0 N–H and O–H groups in total. The zero-order chi connectivity index (χ0) is 16.0. The van der Waals surface area contributed by atoms with Crippen molar-refractivity contribution in [1.29, 1.82) is 0 Å². The summed E-state index contributed by atoms with van der Waals surface area (Å²) in [5, 5.41) is 4.11. The highest BCUT2D eigenvalue weighted by atomic mass is 16.5. The SMILES string of the molecule is Cc1cc(CN2CC3CN(c4ncnc(C)c4C)CC3C2)no1. The Labute approximate surface area is 136 Å². The second-order valence-electron chi connectivity index (χ2n) is 6.96. The van der Waals surface area contributed by atoms with Crippen molar-refractivity contribution in [1.82, 2.24) is 20.0 Å². The van der Waals surface area contributed by atoms with Gasteiger partial charge < -0.3 is 9.42 Å². The zero-order valence-electron chi connectivity index (χ0n) is 14.0. The Hall–Kier alpha value is -1.95. The number of nitrogens with zero attached hydrogens (tertiary/aromatic N) is 5. The lowest BCUT2D eigenvalue weighted by molar-refractivity contribution is 0.294. The highest BCUT2D eigenvalue weighted by Crippen LogP contribution is 2.35. The topological polar surface area (TPSA) is 58.3 Å². The monoisotopic (exact) mass is 313 g/mol. The Bertz CT molecular complexity index is 699. The van der Waals surface area contributed by atoms with Crippen molar-refractivity contribution in [3.8, 4) is 0 Å². The number of rotatable bonds is 3. The number of aryl methyl sites for hydroxylation is 2. The molecular weight excluding hydrogens is 290 g/mol. The van der Waals surface area contributed by atoms with E-state index in [1.807, 2.05) is 13.0 Å². The fourth-order valence-electron chi connectivity index (χ4n) is 3.96. The van der Waals surface area contributed by atoms with Gasteiger partial charge in [0.1, 0.15) is 17.9 Å². The van der Waals surface area contributed by atoms with Gasteiger partial charge in [0.15, 0.2) is 0 Å². The Morgan fingerprint density at radius 3 is 2.48 bits per heavy atom. The number of likely N-dealkylation sites (tertiary alicyclic amines) is 1. The van der Waals surface area contributed by atoms with Crippen LogP contribution in [0.2, 0.25) is 0 Å². The van der Waals surface area contributed by atoms with Crippen molar-refractivity contribution >= 4 is 5.82 Å². The number of hydrogen-bond acceptors (Lipinski definition) is 6. The first-order valence-electron chi connectivity index (χ1n) is 8.28. The van der Waals surface area contributed by atoms with Gasteiger partial charge in [0, 0.05) is 50.0 Å². The molecule has 0 saturated carbocycles. The maximum atomic E-state index is 5.17. The first-order chi connectivity index (χ1) is 11.1. The zero-order valence-corrected chi connectivity index (χ0v) is 14.0. The van der Waals surface area contributed by atoms with Gasteiger partial charge in [0.2, 0.25) is 0 Å². The number of aromatic nitrogens is 3. The lowest BCUT2D eigenvalue weighted by Gasteiger charge is -2.23. The van der Waals surface area contributed by atoms with Crippen molar-refractivity contribution in [3.63, 3.8) is 0 Å². The summed E-state index contributed by atoms with van der Waals surface area (Å²) in [5.74, 6) is 3.45. The van der Waals surface area contributed by atoms with Crippen molar-refractivity contribution in [2.24, 2.45) is 11.8 Å². The van der Waals surface area contributed by atoms with E-state index in [9.17, 15) is 0 Å². The largest absolute Gasteiger partial charge is 0.361 e. The Morgan fingerprint density at radius 2 is 1.83 bits per heavy atom. The second kappa shape index (κ2) is 5.60. The molecule has 2 atom stereocenters. The molecule has 2 aromatic rings. The molecule has 6 heteroatoms. The third-order valence-electron chi connectivity index (χ3n) is 5.23. The van der Waals surface area contributed by atoms with Crippen LogP contribution >= 0.6 is 0 Å². The van der Waals surface area contributed by atoms with Crippen LogP contribution in [0.3, 0.4) is 0 Å². The minimum atomic E-state index is 0.720. The highest BCUT2D eigenvalue weighted by Gasteiger charge is 2.40. The average Bonchev–Trinajstić information content (AvgIpc) is 3.17.